The van der Waals surface area contributed by atoms with Crippen LogP contribution in [-0.2, 0) is 0 Å². The summed E-state index contributed by atoms with van der Waals surface area (Å²) in [6, 6.07) is 9.40. The lowest BCUT2D eigenvalue weighted by atomic mass is 10.2. The summed E-state index contributed by atoms with van der Waals surface area (Å²) in [5.41, 5.74) is 12.2. The zero-order chi connectivity index (χ0) is 26.8. The van der Waals surface area contributed by atoms with Gasteiger partial charge in [0.25, 0.3) is 11.4 Å². The van der Waals surface area contributed by atoms with Gasteiger partial charge in [-0.05, 0) is 0 Å². The average Bonchev–Trinajstić information content (AvgIpc) is 3.48. The van der Waals surface area contributed by atoms with Crippen molar-refractivity contribution in [3.05, 3.63) is 90.6 Å². The van der Waals surface area contributed by atoms with Crippen molar-refractivity contribution in [1.29, 1.82) is 0 Å². The highest BCUT2D eigenvalue weighted by molar-refractivity contribution is 7.14. The van der Waals surface area contributed by atoms with Crippen LogP contribution in [0.15, 0.2) is 59.3 Å². The lowest BCUT2D eigenvalue weighted by molar-refractivity contribution is -0.385. The third-order valence-electron chi connectivity index (χ3n) is 4.00. The number of nitro benzene ring substituents is 2. The molecule has 36 heavy (non-hydrogen) atoms. The van der Waals surface area contributed by atoms with Gasteiger partial charge in [-0.2, -0.15) is 0 Å². The SMILES string of the molecule is Nc1[nH+]c(-c2csc(N)[nH+]2)cs1.O=C([O-])c1cccc([N+](=O)[O-])c1.O=C([O-])c1cccc([N+](=O)[O-])c1. The number of thiazole rings is 2. The first-order chi connectivity index (χ1) is 17.0. The van der Waals surface area contributed by atoms with Gasteiger partial charge in [-0.25, -0.2) is 9.97 Å². The normalized spacial score (nSPS) is 9.67. The van der Waals surface area contributed by atoms with Crippen molar-refractivity contribution in [2.24, 2.45) is 0 Å². The summed E-state index contributed by atoms with van der Waals surface area (Å²) in [6.45, 7) is 0. The van der Waals surface area contributed by atoms with Gasteiger partial charge in [-0.1, -0.05) is 46.9 Å². The van der Waals surface area contributed by atoms with Crippen LogP contribution in [0.4, 0.5) is 21.6 Å². The molecule has 16 heteroatoms. The fourth-order valence-corrected chi connectivity index (χ4v) is 3.58. The quantitative estimate of drug-likeness (QED) is 0.260. The smallest absolute Gasteiger partial charge is 0.330 e. The van der Waals surface area contributed by atoms with E-state index in [1.807, 2.05) is 10.8 Å². The summed E-state index contributed by atoms with van der Waals surface area (Å²) in [5, 5.41) is 46.1. The number of anilines is 2. The minimum absolute atomic E-state index is 0.191. The number of carboxylic acid groups (broad SMARTS) is 2. The fraction of sp³-hybridized carbons (Fsp3) is 0. The second-order valence-corrected chi connectivity index (χ2v) is 8.29. The van der Waals surface area contributed by atoms with Crippen LogP contribution in [0.3, 0.4) is 0 Å². The number of aromatic carboxylic acids is 2. The monoisotopic (exact) mass is 532 g/mol. The number of nitrogen functional groups attached to an aromatic ring is 2. The minimum Gasteiger partial charge on any atom is -0.545 e. The number of non-ortho nitro benzene ring substituents is 2. The summed E-state index contributed by atoms with van der Waals surface area (Å²) in [6.07, 6.45) is 0. The molecule has 4 aromatic rings. The molecule has 186 valence electrons. The highest BCUT2D eigenvalue weighted by atomic mass is 32.1. The zero-order valence-electron chi connectivity index (χ0n) is 17.9. The number of carboxylic acids is 2. The van der Waals surface area contributed by atoms with Gasteiger partial charge >= 0.3 is 10.3 Å². The molecule has 0 bridgehead atoms. The van der Waals surface area contributed by atoms with E-state index >= 15 is 0 Å². The number of H-pyrrole nitrogens is 2. The van der Waals surface area contributed by atoms with Gasteiger partial charge in [0.15, 0.2) is 11.4 Å². The Labute approximate surface area is 209 Å². The third-order valence-corrected chi connectivity index (χ3v) is 5.42. The lowest BCUT2D eigenvalue weighted by Crippen LogP contribution is -2.22. The van der Waals surface area contributed by atoms with E-state index in [0.29, 0.717) is 10.3 Å². The third kappa shape index (κ3) is 8.12. The van der Waals surface area contributed by atoms with Crippen molar-refractivity contribution in [3.8, 4) is 11.4 Å². The molecule has 0 saturated carbocycles. The molecule has 0 amide bonds. The van der Waals surface area contributed by atoms with Crippen LogP contribution in [0.2, 0.25) is 0 Å². The molecule has 0 aliphatic carbocycles. The number of carbonyl (C=O) groups is 2. The topological polar surface area (TPSA) is 247 Å². The maximum atomic E-state index is 10.2. The van der Waals surface area contributed by atoms with E-state index in [1.54, 1.807) is 0 Å². The molecular weight excluding hydrogens is 516 g/mol. The Morgan fingerprint density at radius 3 is 1.33 bits per heavy atom. The molecule has 2 heterocycles. The van der Waals surface area contributed by atoms with Gasteiger partial charge in [0, 0.05) is 46.2 Å². The maximum Gasteiger partial charge on any atom is 0.330 e. The molecule has 0 radical (unpaired) electrons. The van der Waals surface area contributed by atoms with Crippen molar-refractivity contribution in [2.45, 2.75) is 0 Å². The van der Waals surface area contributed by atoms with Gasteiger partial charge in [0.05, 0.1) is 21.8 Å². The Hall–Kier alpha value is -4.96. The van der Waals surface area contributed by atoms with Gasteiger partial charge in [0.2, 0.25) is 0 Å². The predicted octanol–water partition coefficient (Wildman–Crippen LogP) is 0.186. The Morgan fingerprint density at radius 2 is 1.08 bits per heavy atom. The molecule has 2 aromatic carbocycles. The molecule has 0 saturated heterocycles. The highest BCUT2D eigenvalue weighted by Crippen LogP contribution is 2.18. The van der Waals surface area contributed by atoms with E-state index in [0.717, 1.165) is 23.5 Å². The van der Waals surface area contributed by atoms with E-state index in [-0.39, 0.29) is 22.5 Å². The van der Waals surface area contributed by atoms with Crippen molar-refractivity contribution in [3.63, 3.8) is 0 Å². The highest BCUT2D eigenvalue weighted by Gasteiger charge is 2.12. The summed E-state index contributed by atoms with van der Waals surface area (Å²) in [5.74, 6) is -2.84. The molecule has 0 aliphatic heterocycles. The first kappa shape index (κ1) is 27.3. The maximum absolute atomic E-state index is 10.2. The number of nitro groups is 2. The Morgan fingerprint density at radius 1 is 0.722 bits per heavy atom. The van der Waals surface area contributed by atoms with Crippen LogP contribution >= 0.6 is 22.7 Å². The number of aromatic nitrogens is 2. The second-order valence-electron chi connectivity index (χ2n) is 6.47. The summed E-state index contributed by atoms with van der Waals surface area (Å²) in [7, 11) is 0. The number of nitrogens with two attached hydrogens (primary N) is 2. The van der Waals surface area contributed by atoms with E-state index in [9.17, 15) is 40.0 Å². The standard InChI is InChI=1S/2C7H5NO4.C6H6N4S2/c2*9-7(10)5-2-1-3-6(4-5)8(11)12;7-5-9-3(1-11-5)4-2-12-6(8)10-4/h2*1-4H,(H,9,10);1-2H,(H2,7,9)(H2,8,10). The Bertz CT molecular complexity index is 1240. The van der Waals surface area contributed by atoms with Crippen molar-refractivity contribution >= 4 is 56.3 Å². The van der Waals surface area contributed by atoms with Crippen molar-refractivity contribution < 1.29 is 39.6 Å². The van der Waals surface area contributed by atoms with E-state index in [1.165, 1.54) is 59.1 Å². The summed E-state index contributed by atoms with van der Waals surface area (Å²) >= 11 is 2.95. The largest absolute Gasteiger partial charge is 0.545 e. The van der Waals surface area contributed by atoms with Crippen molar-refractivity contribution in [1.82, 2.24) is 0 Å². The van der Waals surface area contributed by atoms with Crippen LogP contribution in [0.25, 0.3) is 11.4 Å². The first-order valence-corrected chi connectivity index (χ1v) is 11.2. The molecule has 2 aromatic heterocycles. The van der Waals surface area contributed by atoms with Crippen LogP contribution in [0.1, 0.15) is 20.7 Å². The second kappa shape index (κ2) is 12.5. The molecule has 0 aliphatic rings. The number of hydrogen-bond acceptors (Lipinski definition) is 12. The predicted molar refractivity (Wildman–Crippen MR) is 124 cm³/mol. The molecule has 0 spiro atoms. The molecular formula is C20H16N6O8S2. The number of nitrogens with zero attached hydrogens (tertiary/aromatic N) is 2. The first-order valence-electron chi connectivity index (χ1n) is 9.42. The molecule has 0 atom stereocenters. The number of nitrogens with one attached hydrogen (secondary N) is 2. The Balaban J connectivity index is 0.000000190. The zero-order valence-corrected chi connectivity index (χ0v) is 19.5. The van der Waals surface area contributed by atoms with Crippen molar-refractivity contribution in [2.75, 3.05) is 11.5 Å². The van der Waals surface area contributed by atoms with Gasteiger partial charge < -0.3 is 19.8 Å². The molecule has 0 unspecified atom stereocenters. The number of hydrogen-bond donors (Lipinski definition) is 2. The van der Waals surface area contributed by atoms with Crippen LogP contribution < -0.4 is 31.6 Å². The molecule has 4 rings (SSSR count). The van der Waals surface area contributed by atoms with Gasteiger partial charge in [0.1, 0.15) is 0 Å². The van der Waals surface area contributed by atoms with Gasteiger partial charge in [-0.15, -0.1) is 0 Å². The number of rotatable bonds is 5. The minimum atomic E-state index is -1.42. The van der Waals surface area contributed by atoms with E-state index < -0.39 is 21.8 Å². The van der Waals surface area contributed by atoms with E-state index in [4.69, 9.17) is 11.5 Å². The number of aromatic amines is 2. The van der Waals surface area contributed by atoms with Gasteiger partial charge in [-0.3, -0.25) is 31.7 Å². The van der Waals surface area contributed by atoms with Crippen LogP contribution in [0.5, 0.6) is 0 Å². The Kier molecular flexibility index (Phi) is 9.47. The lowest BCUT2D eigenvalue weighted by Gasteiger charge is -1.99. The van der Waals surface area contributed by atoms with Crippen LogP contribution in [-0.4, -0.2) is 21.8 Å². The number of benzene rings is 2. The summed E-state index contributed by atoms with van der Waals surface area (Å²) < 4.78 is 0. The molecule has 14 nitrogen and oxygen atoms in total. The summed E-state index contributed by atoms with van der Waals surface area (Å²) in [4.78, 5) is 45.5. The molecule has 6 N–H and O–H groups in total. The number of carbonyl (C=O) groups excluding carboxylic acids is 2. The molecule has 0 fully saturated rings. The fourth-order valence-electron chi connectivity index (χ4n) is 2.38. The van der Waals surface area contributed by atoms with E-state index in [2.05, 4.69) is 9.97 Å². The average molecular weight is 533 g/mol. The van der Waals surface area contributed by atoms with Crippen LogP contribution in [0, 0.1) is 20.2 Å².